The molecule has 5 nitrogen and oxygen atoms in total. The van der Waals surface area contributed by atoms with Gasteiger partial charge in [0, 0.05) is 0 Å². The molecule has 12 heavy (non-hydrogen) atoms. The van der Waals surface area contributed by atoms with Gasteiger partial charge >= 0.3 is 19.5 Å². The maximum atomic E-state index is 8.88. The Morgan fingerprint density at radius 2 is 1.58 bits per heavy atom. The molecule has 0 aliphatic carbocycles. The topological polar surface area (TPSA) is 101 Å². The first-order valence-corrected chi connectivity index (χ1v) is 3.09. The molecular formula is C6H12O5Zn. The van der Waals surface area contributed by atoms with E-state index in [1.54, 1.807) is 0 Å². The van der Waals surface area contributed by atoms with Gasteiger partial charge in [0.25, 0.3) is 0 Å². The van der Waals surface area contributed by atoms with Crippen LogP contribution >= 0.6 is 0 Å². The zero-order chi connectivity index (χ0) is 8.85. The van der Waals surface area contributed by atoms with Crippen molar-refractivity contribution >= 4 is 0 Å². The molecule has 0 spiro atoms. The van der Waals surface area contributed by atoms with Crippen LogP contribution in [0, 0.1) is 13.0 Å². The molecule has 0 aromatic carbocycles. The van der Waals surface area contributed by atoms with Crippen molar-refractivity contribution in [3.05, 3.63) is 13.0 Å². The molecule has 0 unspecified atom stereocenters. The molecule has 6 heteroatoms. The summed E-state index contributed by atoms with van der Waals surface area (Å²) in [6, 6.07) is 0. The Morgan fingerprint density at radius 1 is 1.08 bits per heavy atom. The molecule has 68 valence electrons. The summed E-state index contributed by atoms with van der Waals surface area (Å²) in [7, 11) is 0. The SMILES string of the molecule is O[CH-][C@H](O)[C@@H](O)[C@H](O)[CH-]CO.[Zn+2]. The normalized spacial score (nSPS) is 17.8. The third kappa shape index (κ3) is 5.14. The molecular weight excluding hydrogens is 217 g/mol. The summed E-state index contributed by atoms with van der Waals surface area (Å²) in [4.78, 5) is 0. The standard InChI is InChI=1S/C6H12O5.Zn/c7-2-1-4(9)6(11)5(10)3-8;/h1,3-11H,2H2;/q-2;+2/t4-,5+,6+;/m1./s1. The molecule has 0 rings (SSSR count). The first kappa shape index (κ1) is 14.9. The van der Waals surface area contributed by atoms with E-state index in [0.29, 0.717) is 6.61 Å². The summed E-state index contributed by atoms with van der Waals surface area (Å²) in [5, 5.41) is 42.9. The van der Waals surface area contributed by atoms with Gasteiger partial charge in [-0.3, -0.25) is 6.42 Å². The van der Waals surface area contributed by atoms with Gasteiger partial charge in [0.1, 0.15) is 0 Å². The molecule has 5 N–H and O–H groups in total. The van der Waals surface area contributed by atoms with Crippen molar-refractivity contribution in [1.82, 2.24) is 0 Å². The van der Waals surface area contributed by atoms with Crippen LogP contribution in [-0.4, -0.2) is 50.5 Å². The molecule has 0 amide bonds. The van der Waals surface area contributed by atoms with Gasteiger partial charge < -0.3 is 25.5 Å². The minimum atomic E-state index is -1.51. The Hall–Kier alpha value is 0.423. The van der Waals surface area contributed by atoms with Gasteiger partial charge in [-0.25, -0.2) is 0 Å². The maximum absolute atomic E-state index is 8.88. The minimum Gasteiger partial charge on any atom is -0.563 e. The third-order valence-corrected chi connectivity index (χ3v) is 1.20. The second-order valence-corrected chi connectivity index (χ2v) is 2.04. The molecule has 0 aliphatic rings. The van der Waals surface area contributed by atoms with Crippen LogP contribution in [0.5, 0.6) is 0 Å². The summed E-state index contributed by atoms with van der Waals surface area (Å²) in [5.74, 6) is 0. The van der Waals surface area contributed by atoms with Crippen LogP contribution in [-0.2, 0) is 19.5 Å². The van der Waals surface area contributed by atoms with Gasteiger partial charge in [0.15, 0.2) is 0 Å². The second kappa shape index (κ2) is 8.04. The first-order chi connectivity index (χ1) is 5.13. The van der Waals surface area contributed by atoms with Gasteiger partial charge in [-0.2, -0.15) is 6.61 Å². The fourth-order valence-corrected chi connectivity index (χ4v) is 0.538. The molecule has 0 saturated carbocycles. The van der Waals surface area contributed by atoms with Crippen LogP contribution in [0.2, 0.25) is 0 Å². The molecule has 0 bridgehead atoms. The van der Waals surface area contributed by atoms with E-state index in [1.165, 1.54) is 0 Å². The number of hydrogen-bond donors (Lipinski definition) is 5. The van der Waals surface area contributed by atoms with E-state index in [0.717, 1.165) is 6.42 Å². The van der Waals surface area contributed by atoms with Gasteiger partial charge in [0.05, 0.1) is 6.10 Å². The van der Waals surface area contributed by atoms with Gasteiger partial charge in [-0.15, -0.1) is 0 Å². The summed E-state index contributed by atoms with van der Waals surface area (Å²) in [6.45, 7) is -0.0462. The van der Waals surface area contributed by atoms with Crippen molar-refractivity contribution in [3.8, 4) is 0 Å². The second-order valence-electron chi connectivity index (χ2n) is 2.04. The van der Waals surface area contributed by atoms with Crippen molar-refractivity contribution in [3.63, 3.8) is 0 Å². The summed E-state index contributed by atoms with van der Waals surface area (Å²) in [5.41, 5.74) is 0. The first-order valence-electron chi connectivity index (χ1n) is 3.09. The quantitative estimate of drug-likeness (QED) is 0.272. The Morgan fingerprint density at radius 3 is 1.92 bits per heavy atom. The van der Waals surface area contributed by atoms with E-state index in [9.17, 15) is 0 Å². The van der Waals surface area contributed by atoms with Crippen molar-refractivity contribution in [2.75, 3.05) is 6.61 Å². The van der Waals surface area contributed by atoms with Crippen LogP contribution in [0.15, 0.2) is 0 Å². The number of aliphatic hydroxyl groups is 5. The van der Waals surface area contributed by atoms with Crippen LogP contribution in [0.1, 0.15) is 0 Å². The summed E-state index contributed by atoms with van der Waals surface area (Å²) in [6.07, 6.45) is -3.37. The number of hydrogen-bond acceptors (Lipinski definition) is 5. The minimum absolute atomic E-state index is 0. The fourth-order valence-electron chi connectivity index (χ4n) is 0.538. The maximum Gasteiger partial charge on any atom is 2.00 e. The van der Waals surface area contributed by atoms with Crippen molar-refractivity contribution in [1.29, 1.82) is 0 Å². The molecule has 3 atom stereocenters. The Balaban J connectivity index is 0. The van der Waals surface area contributed by atoms with E-state index < -0.39 is 24.9 Å². The molecule has 0 radical (unpaired) electrons. The van der Waals surface area contributed by atoms with Crippen LogP contribution in [0.25, 0.3) is 0 Å². The Kier molecular flexibility index (Phi) is 10.00. The van der Waals surface area contributed by atoms with Gasteiger partial charge in [0.2, 0.25) is 0 Å². The van der Waals surface area contributed by atoms with E-state index in [4.69, 9.17) is 25.5 Å². The van der Waals surface area contributed by atoms with E-state index in [2.05, 4.69) is 0 Å². The molecule has 0 saturated heterocycles. The molecule has 0 aromatic heterocycles. The van der Waals surface area contributed by atoms with Gasteiger partial charge in [-0.05, 0) is 12.2 Å². The van der Waals surface area contributed by atoms with Crippen LogP contribution in [0.4, 0.5) is 0 Å². The van der Waals surface area contributed by atoms with E-state index >= 15 is 0 Å². The number of rotatable bonds is 5. The molecule has 0 aliphatic heterocycles. The summed E-state index contributed by atoms with van der Waals surface area (Å²) < 4.78 is 0. The zero-order valence-corrected chi connectivity index (χ0v) is 9.50. The zero-order valence-electron chi connectivity index (χ0n) is 6.54. The largest absolute Gasteiger partial charge is 2.00 e. The molecule has 0 aromatic rings. The smallest absolute Gasteiger partial charge is 0.563 e. The Bertz CT molecular complexity index is 102. The van der Waals surface area contributed by atoms with Crippen LogP contribution in [0.3, 0.4) is 0 Å². The predicted octanol–water partition coefficient (Wildman–Crippen LogP) is -2.20. The number of aliphatic hydroxyl groups excluding tert-OH is 5. The fraction of sp³-hybridized carbons (Fsp3) is 0.667. The van der Waals surface area contributed by atoms with Crippen LogP contribution < -0.4 is 0 Å². The van der Waals surface area contributed by atoms with Crippen molar-refractivity contribution < 1.29 is 45.0 Å². The van der Waals surface area contributed by atoms with E-state index in [-0.39, 0.29) is 19.5 Å². The molecule has 0 fully saturated rings. The van der Waals surface area contributed by atoms with Gasteiger partial charge in [-0.1, -0.05) is 6.61 Å². The third-order valence-electron chi connectivity index (χ3n) is 1.20. The monoisotopic (exact) mass is 228 g/mol. The molecule has 0 heterocycles. The average Bonchev–Trinajstić information content (AvgIpc) is 2.02. The average molecular weight is 230 g/mol. The Labute approximate surface area is 83.4 Å². The predicted molar refractivity (Wildman–Crippen MR) is 35.6 cm³/mol. The van der Waals surface area contributed by atoms with Crippen molar-refractivity contribution in [2.45, 2.75) is 18.3 Å². The summed E-state index contributed by atoms with van der Waals surface area (Å²) >= 11 is 0. The van der Waals surface area contributed by atoms with E-state index in [1.807, 2.05) is 0 Å². The van der Waals surface area contributed by atoms with Crippen molar-refractivity contribution in [2.24, 2.45) is 0 Å².